The molecule has 1 rings (SSSR count). The zero-order valence-electron chi connectivity index (χ0n) is 17.1. The summed E-state index contributed by atoms with van der Waals surface area (Å²) in [6, 6.07) is 2.02. The number of aliphatic hydroxyl groups excluding tert-OH is 1. The number of furan rings is 1. The predicted molar refractivity (Wildman–Crippen MR) is 109 cm³/mol. The largest absolute Gasteiger partial charge is 0.472 e. The van der Waals surface area contributed by atoms with E-state index in [4.69, 9.17) is 4.42 Å². The van der Waals surface area contributed by atoms with Gasteiger partial charge < -0.3 is 14.3 Å². The van der Waals surface area contributed by atoms with Crippen LogP contribution in [0.4, 0.5) is 0 Å². The van der Waals surface area contributed by atoms with Crippen LogP contribution < -0.4 is 0 Å². The van der Waals surface area contributed by atoms with Gasteiger partial charge in [-0.1, -0.05) is 42.4 Å². The van der Waals surface area contributed by atoms with Gasteiger partial charge in [0.15, 0.2) is 6.10 Å². The second-order valence-corrected chi connectivity index (χ2v) is 7.23. The van der Waals surface area contributed by atoms with Crippen molar-refractivity contribution in [3.63, 3.8) is 0 Å². The molecule has 0 unspecified atom stereocenters. The van der Waals surface area contributed by atoms with Crippen LogP contribution in [-0.2, 0) is 16.0 Å². The van der Waals surface area contributed by atoms with E-state index in [-0.39, 0.29) is 0 Å². The first-order chi connectivity index (χ1) is 12.9. The van der Waals surface area contributed by atoms with Gasteiger partial charge in [-0.3, -0.25) is 0 Å². The van der Waals surface area contributed by atoms with Crippen LogP contribution >= 0.6 is 0 Å². The zero-order valence-corrected chi connectivity index (χ0v) is 17.1. The van der Waals surface area contributed by atoms with Crippen LogP contribution in [-0.4, -0.2) is 24.3 Å². The number of methoxy groups -OCH3 is 1. The van der Waals surface area contributed by atoms with Crippen LogP contribution in [0.25, 0.3) is 0 Å². The SMILES string of the molecule is COC(=O)[C@H](O)CC(C)=CCC[C@H](C)C=CC=C(C)CCCc1ccoc1. The van der Waals surface area contributed by atoms with E-state index in [1.165, 1.54) is 18.2 Å². The molecule has 4 heteroatoms. The van der Waals surface area contributed by atoms with Gasteiger partial charge in [-0.15, -0.1) is 0 Å². The molecule has 0 saturated heterocycles. The summed E-state index contributed by atoms with van der Waals surface area (Å²) in [6.07, 6.45) is 16.7. The molecule has 1 aromatic rings. The number of hydrogen-bond donors (Lipinski definition) is 1. The maximum Gasteiger partial charge on any atom is 0.335 e. The molecule has 0 aromatic carbocycles. The van der Waals surface area contributed by atoms with E-state index in [2.05, 4.69) is 42.9 Å². The van der Waals surface area contributed by atoms with E-state index in [0.717, 1.165) is 37.7 Å². The maximum absolute atomic E-state index is 11.2. The van der Waals surface area contributed by atoms with Crippen molar-refractivity contribution in [2.45, 2.75) is 65.4 Å². The first-order valence-corrected chi connectivity index (χ1v) is 9.69. The lowest BCUT2D eigenvalue weighted by Crippen LogP contribution is -2.21. The Balaban J connectivity index is 2.24. The van der Waals surface area contributed by atoms with Gasteiger partial charge in [0, 0.05) is 6.42 Å². The Morgan fingerprint density at radius 1 is 1.33 bits per heavy atom. The molecule has 0 fully saturated rings. The Kier molecular flexibility index (Phi) is 11.2. The Morgan fingerprint density at radius 2 is 2.11 bits per heavy atom. The summed E-state index contributed by atoms with van der Waals surface area (Å²) in [5, 5.41) is 9.64. The summed E-state index contributed by atoms with van der Waals surface area (Å²) in [5.74, 6) is -0.0967. The molecular weight excluding hydrogens is 340 g/mol. The molecule has 1 aromatic heterocycles. The summed E-state index contributed by atoms with van der Waals surface area (Å²) in [4.78, 5) is 11.2. The number of aliphatic hydroxyl groups is 1. The van der Waals surface area contributed by atoms with Gasteiger partial charge in [-0.2, -0.15) is 0 Å². The zero-order chi connectivity index (χ0) is 20.1. The molecule has 2 atom stereocenters. The van der Waals surface area contributed by atoms with Crippen molar-refractivity contribution in [2.24, 2.45) is 5.92 Å². The van der Waals surface area contributed by atoms with Crippen LogP contribution in [0.5, 0.6) is 0 Å². The van der Waals surface area contributed by atoms with E-state index in [0.29, 0.717) is 12.3 Å². The minimum Gasteiger partial charge on any atom is -0.472 e. The van der Waals surface area contributed by atoms with Crippen molar-refractivity contribution in [1.82, 2.24) is 0 Å². The van der Waals surface area contributed by atoms with Crippen LogP contribution in [0.1, 0.15) is 58.4 Å². The van der Waals surface area contributed by atoms with Gasteiger partial charge in [-0.25, -0.2) is 4.79 Å². The molecule has 0 bridgehead atoms. The number of carbonyl (C=O) groups is 1. The molecule has 1 heterocycles. The molecule has 0 spiro atoms. The molecule has 0 aliphatic carbocycles. The number of rotatable bonds is 12. The van der Waals surface area contributed by atoms with E-state index >= 15 is 0 Å². The number of esters is 1. The van der Waals surface area contributed by atoms with E-state index in [1.54, 1.807) is 6.26 Å². The maximum atomic E-state index is 11.2. The second-order valence-electron chi connectivity index (χ2n) is 7.23. The lowest BCUT2D eigenvalue weighted by atomic mass is 10.0. The normalized spacial score (nSPS) is 15.1. The molecule has 0 aliphatic rings. The van der Waals surface area contributed by atoms with Crippen molar-refractivity contribution in [3.05, 3.63) is 59.6 Å². The van der Waals surface area contributed by atoms with E-state index in [1.807, 2.05) is 19.3 Å². The summed E-state index contributed by atoms with van der Waals surface area (Å²) in [7, 11) is 1.29. The van der Waals surface area contributed by atoms with Crippen LogP contribution in [0.15, 0.2) is 58.5 Å². The summed E-state index contributed by atoms with van der Waals surface area (Å²) < 4.78 is 9.61. The highest BCUT2D eigenvalue weighted by molar-refractivity contribution is 5.74. The Morgan fingerprint density at radius 3 is 2.78 bits per heavy atom. The van der Waals surface area contributed by atoms with Gasteiger partial charge in [-0.05, 0) is 63.5 Å². The lowest BCUT2D eigenvalue weighted by Gasteiger charge is -2.09. The van der Waals surface area contributed by atoms with E-state index < -0.39 is 12.1 Å². The standard InChI is InChI=1S/C23H34O4/c1-18(10-6-12-20(3)16-22(24)23(25)26-4)8-5-9-19(2)11-7-13-21-14-15-27-17-21/h5,8-9,12,14-15,17-18,22,24H,6-7,10-11,13,16H2,1-4H3/t18-,22-/m1/s1. The summed E-state index contributed by atoms with van der Waals surface area (Å²) in [5.41, 5.74) is 3.65. The van der Waals surface area contributed by atoms with Gasteiger partial charge in [0.05, 0.1) is 19.6 Å². The molecule has 0 aliphatic heterocycles. The third-order valence-corrected chi connectivity index (χ3v) is 4.54. The fourth-order valence-corrected chi connectivity index (χ4v) is 2.80. The highest BCUT2D eigenvalue weighted by Crippen LogP contribution is 2.14. The topological polar surface area (TPSA) is 59.7 Å². The van der Waals surface area contributed by atoms with Crippen LogP contribution in [0.3, 0.4) is 0 Å². The van der Waals surface area contributed by atoms with Crippen molar-refractivity contribution in [1.29, 1.82) is 0 Å². The minimum absolute atomic E-state index is 0.331. The molecule has 0 saturated carbocycles. The minimum atomic E-state index is -1.06. The summed E-state index contributed by atoms with van der Waals surface area (Å²) in [6.45, 7) is 6.30. The van der Waals surface area contributed by atoms with Crippen molar-refractivity contribution >= 4 is 5.97 Å². The molecule has 150 valence electrons. The van der Waals surface area contributed by atoms with Crippen LogP contribution in [0, 0.1) is 5.92 Å². The fraction of sp³-hybridized carbons (Fsp3) is 0.522. The van der Waals surface area contributed by atoms with Gasteiger partial charge in [0.1, 0.15) is 0 Å². The molecule has 1 N–H and O–H groups in total. The molecule has 27 heavy (non-hydrogen) atoms. The second kappa shape index (κ2) is 13.2. The van der Waals surface area contributed by atoms with Gasteiger partial charge in [0.25, 0.3) is 0 Å². The van der Waals surface area contributed by atoms with E-state index in [9.17, 15) is 9.90 Å². The molecule has 0 radical (unpaired) electrons. The molecule has 4 nitrogen and oxygen atoms in total. The average molecular weight is 375 g/mol. The first kappa shape index (κ1) is 23.0. The highest BCUT2D eigenvalue weighted by atomic mass is 16.5. The van der Waals surface area contributed by atoms with Crippen molar-refractivity contribution in [2.75, 3.05) is 7.11 Å². The van der Waals surface area contributed by atoms with Gasteiger partial charge >= 0.3 is 5.97 Å². The number of allylic oxidation sites excluding steroid dienone is 5. The lowest BCUT2D eigenvalue weighted by molar-refractivity contribution is -0.150. The summed E-state index contributed by atoms with van der Waals surface area (Å²) >= 11 is 0. The van der Waals surface area contributed by atoms with Crippen molar-refractivity contribution in [3.8, 4) is 0 Å². The van der Waals surface area contributed by atoms with Gasteiger partial charge in [0.2, 0.25) is 0 Å². The number of ether oxygens (including phenoxy) is 1. The van der Waals surface area contributed by atoms with Crippen molar-refractivity contribution < 1.29 is 19.1 Å². The first-order valence-electron chi connectivity index (χ1n) is 9.69. The monoisotopic (exact) mass is 374 g/mol. The molecular formula is C23H34O4. The van der Waals surface area contributed by atoms with Crippen LogP contribution in [0.2, 0.25) is 0 Å². The third kappa shape index (κ3) is 10.6. The Hall–Kier alpha value is -2.07. The smallest absolute Gasteiger partial charge is 0.335 e. The molecule has 0 amide bonds. The Labute approximate surface area is 163 Å². The predicted octanol–water partition coefficient (Wildman–Crippen LogP) is 5.39. The quantitative estimate of drug-likeness (QED) is 0.303. The fourth-order valence-electron chi connectivity index (χ4n) is 2.80. The highest BCUT2D eigenvalue weighted by Gasteiger charge is 2.15. The number of aryl methyl sites for hydroxylation is 1. The average Bonchev–Trinajstić information content (AvgIpc) is 3.14. The Bertz CT molecular complexity index is 623. The number of hydrogen-bond acceptors (Lipinski definition) is 4. The number of carbonyl (C=O) groups excluding carboxylic acids is 1. The third-order valence-electron chi connectivity index (χ3n) is 4.54.